The third kappa shape index (κ3) is 3.16. The summed E-state index contributed by atoms with van der Waals surface area (Å²) in [5.41, 5.74) is 10.7. The van der Waals surface area contributed by atoms with Gasteiger partial charge in [-0.1, -0.05) is 0 Å². The number of rotatable bonds is 2. The van der Waals surface area contributed by atoms with Crippen molar-refractivity contribution >= 4 is 0 Å². The molecule has 0 aliphatic rings. The molecule has 0 bridgehead atoms. The second-order valence-electron chi connectivity index (χ2n) is 0.454. The van der Waals surface area contributed by atoms with Gasteiger partial charge >= 0.3 is 0 Å². The first-order chi connectivity index (χ1) is 2.91. The summed E-state index contributed by atoms with van der Waals surface area (Å²) in [5, 5.41) is 8.36. The molecular formula is CH4N5. The predicted octanol–water partition coefficient (Wildman–Crippen LogP) is 0.463. The Morgan fingerprint density at radius 2 is 2.33 bits per heavy atom. The molecule has 0 unspecified atom stereocenters. The van der Waals surface area contributed by atoms with E-state index in [1.807, 2.05) is 0 Å². The summed E-state index contributed by atoms with van der Waals surface area (Å²) in [6.45, 7) is 0.956. The van der Waals surface area contributed by atoms with Crippen LogP contribution in [0.15, 0.2) is 15.6 Å². The Morgan fingerprint density at radius 3 is 2.50 bits per heavy atom. The van der Waals surface area contributed by atoms with Crippen molar-refractivity contribution in [3.63, 3.8) is 0 Å². The second kappa shape index (κ2) is 4.16. The smallest absolute Gasteiger partial charge is 0.158 e. The first kappa shape index (κ1) is 5.16. The van der Waals surface area contributed by atoms with Gasteiger partial charge in [0.2, 0.25) is 0 Å². The molecular weight excluding hydrogens is 82.0 g/mol. The summed E-state index contributed by atoms with van der Waals surface area (Å²) >= 11 is 0. The van der Waals surface area contributed by atoms with Crippen molar-refractivity contribution in [3.05, 3.63) is 6.67 Å². The summed E-state index contributed by atoms with van der Waals surface area (Å²) in [5.74, 6) is 0. The van der Waals surface area contributed by atoms with Gasteiger partial charge in [0.25, 0.3) is 0 Å². The lowest BCUT2D eigenvalue weighted by atomic mass is 11.3. The molecule has 0 aromatic heterocycles. The Bertz CT molecular complexity index is 55.0. The van der Waals surface area contributed by atoms with Crippen molar-refractivity contribution in [1.82, 2.24) is 0 Å². The molecule has 0 fully saturated rings. The topological polar surface area (TPSA) is 87.0 Å². The van der Waals surface area contributed by atoms with Crippen molar-refractivity contribution in [3.8, 4) is 0 Å². The summed E-state index contributed by atoms with van der Waals surface area (Å²) < 4.78 is 0. The number of hydrogen-bond acceptors (Lipinski definition) is 3. The van der Waals surface area contributed by atoms with E-state index in [0.29, 0.717) is 0 Å². The highest BCUT2D eigenvalue weighted by Gasteiger charge is 1.58. The van der Waals surface area contributed by atoms with Crippen LogP contribution in [-0.2, 0) is 0 Å². The van der Waals surface area contributed by atoms with Crippen LogP contribution in [0.4, 0.5) is 0 Å². The van der Waals surface area contributed by atoms with Crippen LogP contribution in [0, 0.1) is 12.2 Å². The van der Waals surface area contributed by atoms with Crippen molar-refractivity contribution < 1.29 is 0 Å². The van der Waals surface area contributed by atoms with Gasteiger partial charge in [0.1, 0.15) is 0 Å². The summed E-state index contributed by atoms with van der Waals surface area (Å²) in [6.07, 6.45) is 0. The standard InChI is InChI=1S/CH4N5/c2-1-4-6-5-3/h1,3H,2H2. The maximum atomic E-state index is 6.00. The fraction of sp³-hybridized carbons (Fsp3) is 0. The molecule has 1 radical (unpaired) electrons. The Morgan fingerprint density at radius 1 is 1.67 bits per heavy atom. The van der Waals surface area contributed by atoms with Gasteiger partial charge in [0, 0.05) is 0 Å². The second-order valence-corrected chi connectivity index (χ2v) is 0.454. The maximum Gasteiger partial charge on any atom is 0.158 e. The van der Waals surface area contributed by atoms with E-state index in [9.17, 15) is 0 Å². The largest absolute Gasteiger partial charge is 0.305 e. The fourth-order valence-corrected chi connectivity index (χ4v) is 0.0556. The van der Waals surface area contributed by atoms with E-state index >= 15 is 0 Å². The zero-order valence-corrected chi connectivity index (χ0v) is 3.00. The summed E-state index contributed by atoms with van der Waals surface area (Å²) in [4.78, 5) is 0. The molecule has 0 aromatic carbocycles. The fourth-order valence-electron chi connectivity index (χ4n) is 0.0556. The van der Waals surface area contributed by atoms with Crippen LogP contribution in [0.25, 0.3) is 0 Å². The van der Waals surface area contributed by atoms with Crippen LogP contribution in [0.5, 0.6) is 0 Å². The minimum Gasteiger partial charge on any atom is -0.305 e. The van der Waals surface area contributed by atoms with E-state index < -0.39 is 0 Å². The zero-order chi connectivity index (χ0) is 4.83. The van der Waals surface area contributed by atoms with Gasteiger partial charge < -0.3 is 5.73 Å². The Kier molecular flexibility index (Phi) is 3.58. The first-order valence-electron chi connectivity index (χ1n) is 1.22. The van der Waals surface area contributed by atoms with E-state index in [1.165, 1.54) is 0 Å². The van der Waals surface area contributed by atoms with Crippen molar-refractivity contribution in [2.24, 2.45) is 21.3 Å². The first-order valence-corrected chi connectivity index (χ1v) is 1.22. The van der Waals surface area contributed by atoms with Crippen LogP contribution in [-0.4, -0.2) is 0 Å². The average Bonchev–Trinajstić information content (AvgIpc) is 1.61. The molecule has 0 amide bonds. The van der Waals surface area contributed by atoms with E-state index in [1.54, 1.807) is 0 Å². The molecule has 0 saturated heterocycles. The highest BCUT2D eigenvalue weighted by atomic mass is 15.4. The highest BCUT2D eigenvalue weighted by Crippen LogP contribution is 1.71. The molecule has 3 N–H and O–H groups in total. The Hall–Kier alpha value is -0.840. The summed E-state index contributed by atoms with van der Waals surface area (Å²) in [7, 11) is 0. The zero-order valence-electron chi connectivity index (χ0n) is 3.00. The molecule has 5 nitrogen and oxygen atoms in total. The third-order valence-electron chi connectivity index (χ3n) is 0.163. The molecule has 0 saturated carbocycles. The number of hydrogen-bond donors (Lipinski definition) is 2. The van der Waals surface area contributed by atoms with Crippen molar-refractivity contribution in [2.75, 3.05) is 0 Å². The van der Waals surface area contributed by atoms with Crippen molar-refractivity contribution in [1.29, 1.82) is 5.53 Å². The maximum absolute atomic E-state index is 6.00. The predicted molar refractivity (Wildman–Crippen MR) is 18.5 cm³/mol. The summed E-state index contributed by atoms with van der Waals surface area (Å²) in [6, 6.07) is 0. The molecule has 0 spiro atoms. The third-order valence-corrected chi connectivity index (χ3v) is 0.163. The lowest BCUT2D eigenvalue weighted by Gasteiger charge is -1.66. The van der Waals surface area contributed by atoms with Crippen LogP contribution >= 0.6 is 0 Å². The molecule has 0 aliphatic carbocycles. The lowest BCUT2D eigenvalue weighted by Crippen LogP contribution is -1.80. The molecule has 33 valence electrons. The van der Waals surface area contributed by atoms with Gasteiger partial charge in [-0.3, -0.25) is 0 Å². The highest BCUT2D eigenvalue weighted by molar-refractivity contribution is 4.36. The van der Waals surface area contributed by atoms with Crippen LogP contribution < -0.4 is 5.73 Å². The average molecular weight is 86.1 g/mol. The minimum atomic E-state index is 0.956. The molecule has 5 heteroatoms. The van der Waals surface area contributed by atoms with Crippen LogP contribution in [0.3, 0.4) is 0 Å². The van der Waals surface area contributed by atoms with Gasteiger partial charge in [0.05, 0.1) is 0 Å². The minimum absolute atomic E-state index is 0.956. The molecule has 0 aliphatic heterocycles. The Labute approximate surface area is 34.7 Å². The molecule has 0 heterocycles. The van der Waals surface area contributed by atoms with Gasteiger partial charge in [-0.15, -0.1) is 5.11 Å². The molecule has 6 heavy (non-hydrogen) atoms. The van der Waals surface area contributed by atoms with Crippen LogP contribution in [0.1, 0.15) is 0 Å². The SMILES string of the molecule is N=NN=N[CH]N. The number of nitrogens with zero attached hydrogens (tertiary/aromatic N) is 3. The molecule has 0 aromatic rings. The number of nitrogens with one attached hydrogen (secondary N) is 1. The van der Waals surface area contributed by atoms with E-state index in [2.05, 4.69) is 21.3 Å². The van der Waals surface area contributed by atoms with Crippen LogP contribution in [0.2, 0.25) is 0 Å². The van der Waals surface area contributed by atoms with Crippen molar-refractivity contribution in [2.45, 2.75) is 0 Å². The lowest BCUT2D eigenvalue weighted by molar-refractivity contribution is 0.879. The van der Waals surface area contributed by atoms with Gasteiger partial charge in [-0.2, -0.15) is 5.53 Å². The van der Waals surface area contributed by atoms with E-state index in [0.717, 1.165) is 6.67 Å². The Balaban J connectivity index is 2.94. The quantitative estimate of drug-likeness (QED) is 0.371. The molecule has 0 atom stereocenters. The monoisotopic (exact) mass is 86.0 g/mol. The van der Waals surface area contributed by atoms with Gasteiger partial charge in [-0.25, -0.2) is 0 Å². The van der Waals surface area contributed by atoms with E-state index in [-0.39, 0.29) is 0 Å². The molecule has 0 rings (SSSR count). The van der Waals surface area contributed by atoms with E-state index in [4.69, 9.17) is 5.53 Å². The van der Waals surface area contributed by atoms with Gasteiger partial charge in [0.15, 0.2) is 6.67 Å². The number of nitrogens with two attached hydrogens (primary N) is 1. The normalized spacial score (nSPS) is 9.50. The van der Waals surface area contributed by atoms with Gasteiger partial charge in [-0.05, 0) is 10.4 Å².